The number of aryl methyl sites for hydroxylation is 1. The zero-order valence-corrected chi connectivity index (χ0v) is 14.4. The van der Waals surface area contributed by atoms with Crippen LogP contribution in [0.15, 0.2) is 18.2 Å². The van der Waals surface area contributed by atoms with Gasteiger partial charge in [0.25, 0.3) is 0 Å². The van der Waals surface area contributed by atoms with Crippen molar-refractivity contribution in [3.05, 3.63) is 29.6 Å². The van der Waals surface area contributed by atoms with Crippen LogP contribution >= 0.6 is 0 Å². The van der Waals surface area contributed by atoms with E-state index >= 15 is 0 Å². The van der Waals surface area contributed by atoms with Gasteiger partial charge in [-0.25, -0.2) is 4.39 Å². The maximum Gasteiger partial charge on any atom is 0.313 e. The van der Waals surface area contributed by atoms with Crippen LogP contribution in [0.2, 0.25) is 0 Å². The zero-order chi connectivity index (χ0) is 17.5. The summed E-state index contributed by atoms with van der Waals surface area (Å²) >= 11 is 0. The number of carbonyl (C=O) groups excluding carboxylic acids is 2. The molecule has 5 nitrogen and oxygen atoms in total. The van der Waals surface area contributed by atoms with Crippen LogP contribution in [0.4, 0.5) is 10.1 Å². The second-order valence-corrected chi connectivity index (χ2v) is 6.36. The maximum atomic E-state index is 13.1. The molecule has 1 fully saturated rings. The molecule has 0 saturated carbocycles. The number of rotatable bonds is 5. The van der Waals surface area contributed by atoms with Crippen LogP contribution in [0.25, 0.3) is 0 Å². The Morgan fingerprint density at radius 1 is 1.25 bits per heavy atom. The number of nitrogens with zero attached hydrogens (tertiary/aromatic N) is 1. The molecule has 2 rings (SSSR count). The summed E-state index contributed by atoms with van der Waals surface area (Å²) in [6, 6.07) is 4.07. The van der Waals surface area contributed by atoms with Gasteiger partial charge in [-0.15, -0.1) is 0 Å². The van der Waals surface area contributed by atoms with E-state index in [1.165, 1.54) is 31.0 Å². The van der Waals surface area contributed by atoms with Gasteiger partial charge in [-0.2, -0.15) is 0 Å². The monoisotopic (exact) mass is 335 g/mol. The van der Waals surface area contributed by atoms with Gasteiger partial charge in [0.1, 0.15) is 5.82 Å². The van der Waals surface area contributed by atoms with E-state index in [-0.39, 0.29) is 11.9 Å². The topological polar surface area (TPSA) is 61.4 Å². The third-order valence-corrected chi connectivity index (χ3v) is 4.39. The smallest absolute Gasteiger partial charge is 0.313 e. The fourth-order valence-electron chi connectivity index (χ4n) is 2.88. The lowest BCUT2D eigenvalue weighted by Crippen LogP contribution is -2.47. The highest BCUT2D eigenvalue weighted by Crippen LogP contribution is 2.16. The van der Waals surface area contributed by atoms with Crippen LogP contribution in [0.5, 0.6) is 0 Å². The van der Waals surface area contributed by atoms with Crippen LogP contribution in [-0.4, -0.2) is 42.4 Å². The molecule has 0 radical (unpaired) electrons. The van der Waals surface area contributed by atoms with Gasteiger partial charge >= 0.3 is 11.8 Å². The predicted octanol–water partition coefficient (Wildman–Crippen LogP) is 2.45. The second-order valence-electron chi connectivity index (χ2n) is 6.36. The Kier molecular flexibility index (Phi) is 6.73. The number of hydrogen-bond donors (Lipinski definition) is 2. The number of piperidine rings is 1. The lowest BCUT2D eigenvalue weighted by molar-refractivity contribution is -0.136. The average molecular weight is 335 g/mol. The van der Waals surface area contributed by atoms with Gasteiger partial charge < -0.3 is 15.5 Å². The second kappa shape index (κ2) is 8.78. The van der Waals surface area contributed by atoms with E-state index in [0.29, 0.717) is 11.3 Å². The van der Waals surface area contributed by atoms with E-state index in [4.69, 9.17) is 0 Å². The number of benzene rings is 1. The van der Waals surface area contributed by atoms with E-state index in [1.807, 2.05) is 0 Å². The van der Waals surface area contributed by atoms with Crippen molar-refractivity contribution in [2.45, 2.75) is 45.6 Å². The number of carbonyl (C=O) groups is 2. The van der Waals surface area contributed by atoms with E-state index in [0.717, 1.165) is 32.5 Å². The molecule has 0 atom stereocenters. The third-order valence-electron chi connectivity index (χ3n) is 4.39. The molecule has 1 aliphatic rings. The van der Waals surface area contributed by atoms with Gasteiger partial charge in [0.2, 0.25) is 0 Å². The number of likely N-dealkylation sites (tertiary alicyclic amines) is 1. The summed E-state index contributed by atoms with van der Waals surface area (Å²) in [5.74, 6) is -1.71. The van der Waals surface area contributed by atoms with Gasteiger partial charge in [0.15, 0.2) is 0 Å². The van der Waals surface area contributed by atoms with E-state index in [9.17, 15) is 14.0 Å². The normalized spacial score (nSPS) is 16.0. The van der Waals surface area contributed by atoms with Gasteiger partial charge in [-0.1, -0.05) is 13.3 Å². The van der Waals surface area contributed by atoms with Gasteiger partial charge in [-0.3, -0.25) is 9.59 Å². The molecule has 1 heterocycles. The fraction of sp³-hybridized carbons (Fsp3) is 0.556. The largest absolute Gasteiger partial charge is 0.345 e. The quantitative estimate of drug-likeness (QED) is 0.813. The van der Waals surface area contributed by atoms with Gasteiger partial charge in [-0.05, 0) is 56.5 Å². The predicted molar refractivity (Wildman–Crippen MR) is 92.3 cm³/mol. The Balaban J connectivity index is 1.79. The van der Waals surface area contributed by atoms with Crippen molar-refractivity contribution < 1.29 is 14.0 Å². The molecule has 0 aliphatic carbocycles. The number of hydrogen-bond acceptors (Lipinski definition) is 3. The number of anilines is 1. The van der Waals surface area contributed by atoms with Crippen molar-refractivity contribution in [3.8, 4) is 0 Å². The Bertz CT molecular complexity index is 584. The van der Waals surface area contributed by atoms with Gasteiger partial charge in [0, 0.05) is 24.8 Å². The molecular weight excluding hydrogens is 309 g/mol. The minimum Gasteiger partial charge on any atom is -0.345 e. The zero-order valence-electron chi connectivity index (χ0n) is 14.4. The summed E-state index contributed by atoms with van der Waals surface area (Å²) < 4.78 is 13.1. The van der Waals surface area contributed by atoms with Crippen molar-refractivity contribution in [2.75, 3.05) is 25.0 Å². The molecule has 6 heteroatoms. The van der Waals surface area contributed by atoms with Crippen LogP contribution in [0.3, 0.4) is 0 Å². The highest BCUT2D eigenvalue weighted by molar-refractivity contribution is 6.39. The Morgan fingerprint density at radius 2 is 1.96 bits per heavy atom. The number of unbranched alkanes of at least 4 members (excludes halogenated alkanes) is 1. The van der Waals surface area contributed by atoms with E-state index < -0.39 is 11.8 Å². The molecule has 1 aromatic rings. The highest BCUT2D eigenvalue weighted by atomic mass is 19.1. The molecule has 0 spiro atoms. The van der Waals surface area contributed by atoms with Crippen LogP contribution in [-0.2, 0) is 9.59 Å². The van der Waals surface area contributed by atoms with E-state index in [2.05, 4.69) is 22.5 Å². The van der Waals surface area contributed by atoms with Crippen molar-refractivity contribution in [1.82, 2.24) is 10.2 Å². The minimum absolute atomic E-state index is 0.0374. The first-order chi connectivity index (χ1) is 11.5. The van der Waals surface area contributed by atoms with Gasteiger partial charge in [0.05, 0.1) is 0 Å². The summed E-state index contributed by atoms with van der Waals surface area (Å²) in [5, 5.41) is 5.33. The summed E-state index contributed by atoms with van der Waals surface area (Å²) in [7, 11) is 0. The van der Waals surface area contributed by atoms with Crippen LogP contribution < -0.4 is 10.6 Å². The Morgan fingerprint density at radius 3 is 2.58 bits per heavy atom. The van der Waals surface area contributed by atoms with Crippen molar-refractivity contribution in [3.63, 3.8) is 0 Å². The highest BCUT2D eigenvalue weighted by Gasteiger charge is 2.23. The lowest BCUT2D eigenvalue weighted by Gasteiger charge is -2.32. The van der Waals surface area contributed by atoms with Crippen molar-refractivity contribution in [2.24, 2.45) is 0 Å². The molecule has 1 aliphatic heterocycles. The first kappa shape index (κ1) is 18.4. The molecule has 2 amide bonds. The molecule has 1 aromatic carbocycles. The molecular formula is C18H26FN3O2. The lowest BCUT2D eigenvalue weighted by atomic mass is 10.0. The minimum atomic E-state index is -0.710. The molecule has 2 N–H and O–H groups in total. The first-order valence-corrected chi connectivity index (χ1v) is 8.60. The van der Waals surface area contributed by atoms with Crippen LogP contribution in [0.1, 0.15) is 38.2 Å². The molecule has 132 valence electrons. The Hall–Kier alpha value is -1.95. The summed E-state index contributed by atoms with van der Waals surface area (Å²) in [6.45, 7) is 6.85. The Labute approximate surface area is 142 Å². The standard InChI is InChI=1S/C18H26FN3O2/c1-3-4-9-22-10-7-15(8-11-22)20-17(23)18(24)21-16-6-5-14(19)12-13(16)2/h5-6,12,15H,3-4,7-11H2,1-2H3,(H,20,23)(H,21,24). The molecule has 0 unspecified atom stereocenters. The van der Waals surface area contributed by atoms with Crippen molar-refractivity contribution >= 4 is 17.5 Å². The SMILES string of the molecule is CCCCN1CCC(NC(=O)C(=O)Nc2ccc(F)cc2C)CC1. The third kappa shape index (κ3) is 5.30. The summed E-state index contributed by atoms with van der Waals surface area (Å²) in [4.78, 5) is 26.4. The van der Waals surface area contributed by atoms with Crippen molar-refractivity contribution in [1.29, 1.82) is 0 Å². The first-order valence-electron chi connectivity index (χ1n) is 8.60. The summed E-state index contributed by atoms with van der Waals surface area (Å²) in [5.41, 5.74) is 1.03. The molecule has 0 bridgehead atoms. The fourth-order valence-corrected chi connectivity index (χ4v) is 2.88. The maximum absolute atomic E-state index is 13.1. The van der Waals surface area contributed by atoms with Crippen LogP contribution in [0, 0.1) is 12.7 Å². The average Bonchev–Trinajstić information content (AvgIpc) is 2.56. The summed E-state index contributed by atoms with van der Waals surface area (Å²) in [6.07, 6.45) is 4.09. The van der Waals surface area contributed by atoms with E-state index in [1.54, 1.807) is 6.92 Å². The molecule has 0 aromatic heterocycles. The molecule has 24 heavy (non-hydrogen) atoms. The number of halogens is 1. The number of nitrogens with one attached hydrogen (secondary N) is 2. The molecule has 1 saturated heterocycles. The number of amides is 2.